The van der Waals surface area contributed by atoms with E-state index in [0.29, 0.717) is 31.6 Å². The molecule has 0 saturated carbocycles. The van der Waals surface area contributed by atoms with Gasteiger partial charge in [-0.3, -0.25) is 9.36 Å². The number of para-hydroxylation sites is 2. The second-order valence-corrected chi connectivity index (χ2v) is 4.30. The Labute approximate surface area is 111 Å². The number of fused-ring (bicyclic) bond motifs is 1. The molecule has 5 nitrogen and oxygen atoms in total. The minimum absolute atomic E-state index is 0.0576. The number of amides is 1. The van der Waals surface area contributed by atoms with Gasteiger partial charge in [0.25, 0.3) is 0 Å². The maximum Gasteiger partial charge on any atom is 0.419 e. The SMILES string of the molecule is CCN(CC)C(=O)CCn1c(=O)oc2ccccc21. The summed E-state index contributed by atoms with van der Waals surface area (Å²) in [5.41, 5.74) is 1.29. The van der Waals surface area contributed by atoms with Crippen molar-refractivity contribution in [2.75, 3.05) is 13.1 Å². The molecule has 0 unspecified atom stereocenters. The van der Waals surface area contributed by atoms with Crippen molar-refractivity contribution in [3.05, 3.63) is 34.8 Å². The van der Waals surface area contributed by atoms with Crippen LogP contribution in [0.1, 0.15) is 20.3 Å². The lowest BCUT2D eigenvalue weighted by atomic mass is 10.3. The largest absolute Gasteiger partial charge is 0.419 e. The number of hydrogen-bond donors (Lipinski definition) is 0. The van der Waals surface area contributed by atoms with Crippen LogP contribution in [0.15, 0.2) is 33.5 Å². The summed E-state index contributed by atoms with van der Waals surface area (Å²) in [6.07, 6.45) is 0.311. The second-order valence-electron chi connectivity index (χ2n) is 4.30. The summed E-state index contributed by atoms with van der Waals surface area (Å²) in [4.78, 5) is 25.4. The van der Waals surface area contributed by atoms with E-state index in [4.69, 9.17) is 4.42 Å². The lowest BCUT2D eigenvalue weighted by Gasteiger charge is -2.18. The number of aryl methyl sites for hydroxylation is 1. The van der Waals surface area contributed by atoms with Gasteiger partial charge >= 0.3 is 5.76 Å². The standard InChI is InChI=1S/C14H18N2O3/c1-3-15(4-2)13(17)9-10-16-11-7-5-6-8-12(11)19-14(16)18/h5-8H,3-4,9-10H2,1-2H3. The van der Waals surface area contributed by atoms with Crippen molar-refractivity contribution in [1.29, 1.82) is 0 Å². The zero-order valence-corrected chi connectivity index (χ0v) is 11.3. The fourth-order valence-corrected chi connectivity index (χ4v) is 2.17. The number of carbonyl (C=O) groups is 1. The van der Waals surface area contributed by atoms with Crippen molar-refractivity contribution in [3.63, 3.8) is 0 Å². The first-order chi connectivity index (χ1) is 9.17. The number of carbonyl (C=O) groups excluding carboxylic acids is 1. The molecule has 5 heteroatoms. The molecular formula is C14H18N2O3. The average Bonchev–Trinajstić information content (AvgIpc) is 2.73. The molecule has 0 N–H and O–H groups in total. The first kappa shape index (κ1) is 13.4. The maximum absolute atomic E-state index is 11.9. The Kier molecular flexibility index (Phi) is 4.04. The van der Waals surface area contributed by atoms with Crippen molar-refractivity contribution in [3.8, 4) is 0 Å². The minimum Gasteiger partial charge on any atom is -0.408 e. The van der Waals surface area contributed by atoms with E-state index >= 15 is 0 Å². The quantitative estimate of drug-likeness (QED) is 0.826. The third-order valence-corrected chi connectivity index (χ3v) is 3.24. The maximum atomic E-state index is 11.9. The van der Waals surface area contributed by atoms with Gasteiger partial charge in [-0.25, -0.2) is 4.79 Å². The third-order valence-electron chi connectivity index (χ3n) is 3.24. The van der Waals surface area contributed by atoms with Crippen molar-refractivity contribution in [2.24, 2.45) is 0 Å². The summed E-state index contributed by atoms with van der Waals surface area (Å²) < 4.78 is 6.64. The number of nitrogens with zero attached hydrogens (tertiary/aromatic N) is 2. The molecule has 0 radical (unpaired) electrons. The molecule has 19 heavy (non-hydrogen) atoms. The van der Waals surface area contributed by atoms with E-state index in [0.717, 1.165) is 5.52 Å². The van der Waals surface area contributed by atoms with Gasteiger partial charge in [0.05, 0.1) is 5.52 Å². The molecule has 2 rings (SSSR count). The fourth-order valence-electron chi connectivity index (χ4n) is 2.17. The molecule has 0 spiro atoms. The van der Waals surface area contributed by atoms with Crippen LogP contribution in [-0.4, -0.2) is 28.5 Å². The molecule has 1 heterocycles. The van der Waals surface area contributed by atoms with Crippen molar-refractivity contribution >= 4 is 17.0 Å². The lowest BCUT2D eigenvalue weighted by molar-refractivity contribution is -0.131. The van der Waals surface area contributed by atoms with Crippen LogP contribution in [-0.2, 0) is 11.3 Å². The first-order valence-electron chi connectivity index (χ1n) is 6.53. The highest BCUT2D eigenvalue weighted by molar-refractivity contribution is 5.76. The van der Waals surface area contributed by atoms with Gasteiger partial charge in [-0.05, 0) is 26.0 Å². The van der Waals surface area contributed by atoms with E-state index in [1.54, 1.807) is 11.0 Å². The van der Waals surface area contributed by atoms with E-state index in [-0.39, 0.29) is 5.91 Å². The van der Waals surface area contributed by atoms with E-state index < -0.39 is 5.76 Å². The molecule has 0 aliphatic rings. The normalized spacial score (nSPS) is 10.8. The highest BCUT2D eigenvalue weighted by Gasteiger charge is 2.13. The van der Waals surface area contributed by atoms with Crippen LogP contribution in [0.4, 0.5) is 0 Å². The van der Waals surface area contributed by atoms with Crippen LogP contribution < -0.4 is 5.76 Å². The second kappa shape index (κ2) is 5.73. The smallest absolute Gasteiger partial charge is 0.408 e. The van der Waals surface area contributed by atoms with Crippen molar-refractivity contribution in [1.82, 2.24) is 9.47 Å². The van der Waals surface area contributed by atoms with E-state index in [1.165, 1.54) is 4.57 Å². The molecular weight excluding hydrogens is 244 g/mol. The van der Waals surface area contributed by atoms with Gasteiger partial charge in [-0.2, -0.15) is 0 Å². The summed E-state index contributed by atoms with van der Waals surface area (Å²) in [6.45, 7) is 5.62. The van der Waals surface area contributed by atoms with Crippen LogP contribution in [0.3, 0.4) is 0 Å². The molecule has 0 bridgehead atoms. The predicted molar refractivity (Wildman–Crippen MR) is 73.0 cm³/mol. The molecule has 0 fully saturated rings. The van der Waals surface area contributed by atoms with Gasteiger partial charge in [0, 0.05) is 26.1 Å². The number of hydrogen-bond acceptors (Lipinski definition) is 3. The van der Waals surface area contributed by atoms with Crippen molar-refractivity contribution in [2.45, 2.75) is 26.8 Å². The zero-order chi connectivity index (χ0) is 13.8. The van der Waals surface area contributed by atoms with Gasteiger partial charge in [-0.15, -0.1) is 0 Å². The minimum atomic E-state index is -0.409. The summed E-state index contributed by atoms with van der Waals surface area (Å²) in [6, 6.07) is 7.23. The third kappa shape index (κ3) is 2.70. The number of benzene rings is 1. The lowest BCUT2D eigenvalue weighted by Crippen LogP contribution is -2.31. The average molecular weight is 262 g/mol. The van der Waals surface area contributed by atoms with Gasteiger partial charge < -0.3 is 9.32 Å². The number of oxazole rings is 1. The highest BCUT2D eigenvalue weighted by atomic mass is 16.4. The molecule has 0 aliphatic heterocycles. The Morgan fingerprint density at radius 3 is 2.63 bits per heavy atom. The Bertz CT molecular complexity index is 623. The molecule has 0 saturated heterocycles. The predicted octanol–water partition coefficient (Wildman–Crippen LogP) is 1.85. The number of aromatic nitrogens is 1. The highest BCUT2D eigenvalue weighted by Crippen LogP contribution is 2.12. The van der Waals surface area contributed by atoms with E-state index in [2.05, 4.69) is 0 Å². The zero-order valence-electron chi connectivity index (χ0n) is 11.3. The summed E-state index contributed by atoms with van der Waals surface area (Å²) in [5, 5.41) is 0. The molecule has 0 aliphatic carbocycles. The Morgan fingerprint density at radius 2 is 1.95 bits per heavy atom. The summed E-state index contributed by atoms with van der Waals surface area (Å²) >= 11 is 0. The molecule has 0 atom stereocenters. The first-order valence-corrected chi connectivity index (χ1v) is 6.53. The van der Waals surface area contributed by atoms with Crippen LogP contribution in [0.25, 0.3) is 11.1 Å². The molecule has 1 aromatic heterocycles. The topological polar surface area (TPSA) is 55.5 Å². The Balaban J connectivity index is 2.16. The summed E-state index contributed by atoms with van der Waals surface area (Å²) in [7, 11) is 0. The molecule has 102 valence electrons. The fraction of sp³-hybridized carbons (Fsp3) is 0.429. The monoisotopic (exact) mass is 262 g/mol. The van der Waals surface area contributed by atoms with Gasteiger partial charge in [0.2, 0.25) is 5.91 Å². The molecule has 1 aromatic carbocycles. The van der Waals surface area contributed by atoms with E-state index in [9.17, 15) is 9.59 Å². The van der Waals surface area contributed by atoms with Crippen LogP contribution in [0, 0.1) is 0 Å². The van der Waals surface area contributed by atoms with Crippen LogP contribution >= 0.6 is 0 Å². The Morgan fingerprint density at radius 1 is 1.26 bits per heavy atom. The number of rotatable bonds is 5. The van der Waals surface area contributed by atoms with Crippen LogP contribution in [0.5, 0.6) is 0 Å². The van der Waals surface area contributed by atoms with Gasteiger partial charge in [-0.1, -0.05) is 12.1 Å². The Hall–Kier alpha value is -2.04. The van der Waals surface area contributed by atoms with Gasteiger partial charge in [0.1, 0.15) is 0 Å². The van der Waals surface area contributed by atoms with Crippen molar-refractivity contribution < 1.29 is 9.21 Å². The molecule has 2 aromatic rings. The van der Waals surface area contributed by atoms with E-state index in [1.807, 2.05) is 32.0 Å². The van der Waals surface area contributed by atoms with Crippen LogP contribution in [0.2, 0.25) is 0 Å². The van der Waals surface area contributed by atoms with Gasteiger partial charge in [0.15, 0.2) is 5.58 Å². The summed E-state index contributed by atoms with van der Waals surface area (Å²) in [5.74, 6) is -0.351. The molecule has 1 amide bonds.